The molecule has 0 aromatic heterocycles. The van der Waals surface area contributed by atoms with Crippen LogP contribution in [0, 0.1) is 12.8 Å². The van der Waals surface area contributed by atoms with Crippen molar-refractivity contribution in [1.82, 2.24) is 4.31 Å². The Morgan fingerprint density at radius 3 is 2.50 bits per heavy atom. The number of hydrogen-bond acceptors (Lipinski definition) is 3. The first-order valence-corrected chi connectivity index (χ1v) is 8.83. The Kier molecular flexibility index (Phi) is 6.19. The lowest BCUT2D eigenvalue weighted by atomic mass is 10.1. The lowest BCUT2D eigenvalue weighted by Gasteiger charge is -2.22. The van der Waals surface area contributed by atoms with Gasteiger partial charge in [0.15, 0.2) is 0 Å². The van der Waals surface area contributed by atoms with Crippen LogP contribution in [-0.4, -0.2) is 31.4 Å². The molecule has 6 heteroatoms. The molecule has 0 heterocycles. The summed E-state index contributed by atoms with van der Waals surface area (Å²) < 4.78 is 27.2. The first-order chi connectivity index (χ1) is 9.23. The molecule has 1 N–H and O–H groups in total. The molecule has 20 heavy (non-hydrogen) atoms. The second-order valence-electron chi connectivity index (χ2n) is 5.18. The van der Waals surface area contributed by atoms with Crippen molar-refractivity contribution in [3.8, 4) is 0 Å². The Bertz CT molecular complexity index is 572. The predicted octanol–water partition coefficient (Wildman–Crippen LogP) is 2.92. The highest BCUT2D eigenvalue weighted by Crippen LogP contribution is 2.29. The van der Waals surface area contributed by atoms with Crippen molar-refractivity contribution < 1.29 is 13.5 Å². The van der Waals surface area contributed by atoms with Crippen LogP contribution in [0.25, 0.3) is 0 Å². The van der Waals surface area contributed by atoms with Gasteiger partial charge in [0.05, 0.1) is 11.5 Å². The first kappa shape index (κ1) is 17.6. The summed E-state index contributed by atoms with van der Waals surface area (Å²) in [6.07, 6.45) is 0.927. The Hall–Kier alpha value is -0.430. The van der Waals surface area contributed by atoms with Crippen molar-refractivity contribution in [1.29, 1.82) is 0 Å². The lowest BCUT2D eigenvalue weighted by Crippen LogP contribution is -2.31. The van der Waals surface area contributed by atoms with Gasteiger partial charge in [-0.25, -0.2) is 12.7 Å². The summed E-state index contributed by atoms with van der Waals surface area (Å²) >= 11 is 3.34. The molecule has 1 aromatic rings. The van der Waals surface area contributed by atoms with E-state index in [0.717, 1.165) is 12.0 Å². The highest BCUT2D eigenvalue weighted by molar-refractivity contribution is 9.10. The molecule has 1 aromatic carbocycles. The van der Waals surface area contributed by atoms with Crippen LogP contribution in [0.15, 0.2) is 21.5 Å². The minimum absolute atomic E-state index is 0.175. The minimum Gasteiger partial charge on any atom is -0.392 e. The van der Waals surface area contributed by atoms with Gasteiger partial charge in [-0.2, -0.15) is 0 Å². The summed E-state index contributed by atoms with van der Waals surface area (Å²) in [5, 5.41) is 9.24. The molecule has 114 valence electrons. The standard InChI is InChI=1S/C14H22BrNO3S/c1-5-10(2)8-16(4)20(18,19)13-7-12(9-17)6-11(3)14(13)15/h6-7,10,17H,5,8-9H2,1-4H3. The van der Waals surface area contributed by atoms with Crippen LogP contribution >= 0.6 is 15.9 Å². The molecule has 0 bridgehead atoms. The van der Waals surface area contributed by atoms with E-state index in [-0.39, 0.29) is 11.5 Å². The number of halogens is 1. The van der Waals surface area contributed by atoms with E-state index >= 15 is 0 Å². The third-order valence-corrected chi connectivity index (χ3v) is 6.58. The number of rotatable bonds is 6. The van der Waals surface area contributed by atoms with Crippen molar-refractivity contribution in [2.75, 3.05) is 13.6 Å². The molecule has 0 saturated heterocycles. The molecule has 0 aliphatic carbocycles. The Labute approximate surface area is 130 Å². The van der Waals surface area contributed by atoms with E-state index in [9.17, 15) is 13.5 Å². The zero-order valence-electron chi connectivity index (χ0n) is 12.4. The van der Waals surface area contributed by atoms with Crippen molar-refractivity contribution in [3.05, 3.63) is 27.7 Å². The molecule has 0 spiro atoms. The molecule has 1 atom stereocenters. The average molecular weight is 364 g/mol. The zero-order valence-corrected chi connectivity index (χ0v) is 14.8. The van der Waals surface area contributed by atoms with E-state index in [1.165, 1.54) is 10.4 Å². The van der Waals surface area contributed by atoms with E-state index < -0.39 is 10.0 Å². The minimum atomic E-state index is -3.55. The summed E-state index contributed by atoms with van der Waals surface area (Å²) in [5.41, 5.74) is 1.40. The fourth-order valence-electron chi connectivity index (χ4n) is 1.92. The molecule has 0 saturated carbocycles. The van der Waals surface area contributed by atoms with Gasteiger partial charge in [0.1, 0.15) is 0 Å². The van der Waals surface area contributed by atoms with Crippen molar-refractivity contribution in [3.63, 3.8) is 0 Å². The summed E-state index contributed by atoms with van der Waals surface area (Å²) in [4.78, 5) is 0.215. The van der Waals surface area contributed by atoms with Gasteiger partial charge in [-0.1, -0.05) is 26.3 Å². The number of nitrogens with zero attached hydrogens (tertiary/aromatic N) is 1. The molecule has 0 amide bonds. The topological polar surface area (TPSA) is 57.6 Å². The molecule has 4 nitrogen and oxygen atoms in total. The molecule has 0 fully saturated rings. The monoisotopic (exact) mass is 363 g/mol. The van der Waals surface area contributed by atoms with Gasteiger partial charge >= 0.3 is 0 Å². The van der Waals surface area contributed by atoms with E-state index in [2.05, 4.69) is 15.9 Å². The molecule has 0 radical (unpaired) electrons. The largest absolute Gasteiger partial charge is 0.392 e. The SMILES string of the molecule is CCC(C)CN(C)S(=O)(=O)c1cc(CO)cc(C)c1Br. The van der Waals surface area contributed by atoms with E-state index in [0.29, 0.717) is 22.5 Å². The maximum absolute atomic E-state index is 12.6. The quantitative estimate of drug-likeness (QED) is 0.845. The van der Waals surface area contributed by atoms with Crippen LogP contribution in [0.2, 0.25) is 0 Å². The third-order valence-electron chi connectivity index (χ3n) is 3.42. The van der Waals surface area contributed by atoms with Crippen LogP contribution in [0.1, 0.15) is 31.4 Å². The Balaban J connectivity index is 3.24. The normalized spacial score (nSPS) is 13.8. The van der Waals surface area contributed by atoms with Gasteiger partial charge in [-0.3, -0.25) is 0 Å². The van der Waals surface area contributed by atoms with Crippen molar-refractivity contribution >= 4 is 26.0 Å². The smallest absolute Gasteiger partial charge is 0.243 e. The van der Waals surface area contributed by atoms with E-state index in [4.69, 9.17) is 0 Å². The van der Waals surface area contributed by atoms with Gasteiger partial charge in [0.2, 0.25) is 10.0 Å². The lowest BCUT2D eigenvalue weighted by molar-refractivity contribution is 0.281. The highest BCUT2D eigenvalue weighted by Gasteiger charge is 2.25. The van der Waals surface area contributed by atoms with Crippen LogP contribution in [0.5, 0.6) is 0 Å². The van der Waals surface area contributed by atoms with E-state index in [1.54, 1.807) is 13.1 Å². The zero-order chi connectivity index (χ0) is 15.5. The summed E-state index contributed by atoms with van der Waals surface area (Å²) in [7, 11) is -1.96. The van der Waals surface area contributed by atoms with Gasteiger partial charge in [0.25, 0.3) is 0 Å². The number of benzene rings is 1. The average Bonchev–Trinajstić information content (AvgIpc) is 2.40. The Morgan fingerprint density at radius 2 is 2.00 bits per heavy atom. The maximum atomic E-state index is 12.6. The van der Waals surface area contributed by atoms with Gasteiger partial charge in [0, 0.05) is 18.1 Å². The number of sulfonamides is 1. The van der Waals surface area contributed by atoms with Crippen LogP contribution in [-0.2, 0) is 16.6 Å². The number of hydrogen-bond donors (Lipinski definition) is 1. The molecular formula is C14H22BrNO3S. The Morgan fingerprint density at radius 1 is 1.40 bits per heavy atom. The van der Waals surface area contributed by atoms with Gasteiger partial charge in [-0.05, 0) is 46.0 Å². The molecular weight excluding hydrogens is 342 g/mol. The van der Waals surface area contributed by atoms with Gasteiger partial charge < -0.3 is 5.11 Å². The second kappa shape index (κ2) is 7.02. The first-order valence-electron chi connectivity index (χ1n) is 6.60. The van der Waals surface area contributed by atoms with Crippen LogP contribution in [0.3, 0.4) is 0 Å². The third kappa shape index (κ3) is 3.81. The predicted molar refractivity (Wildman–Crippen MR) is 84.1 cm³/mol. The van der Waals surface area contributed by atoms with E-state index in [1.807, 2.05) is 20.8 Å². The molecule has 1 unspecified atom stereocenters. The maximum Gasteiger partial charge on any atom is 0.243 e. The molecule has 1 rings (SSSR count). The van der Waals surface area contributed by atoms with Crippen molar-refractivity contribution in [2.24, 2.45) is 5.92 Å². The highest BCUT2D eigenvalue weighted by atomic mass is 79.9. The number of aliphatic hydroxyl groups is 1. The fourth-order valence-corrected chi connectivity index (χ4v) is 4.24. The van der Waals surface area contributed by atoms with Gasteiger partial charge in [-0.15, -0.1) is 0 Å². The van der Waals surface area contributed by atoms with Crippen LogP contribution in [0.4, 0.5) is 0 Å². The molecule has 0 aliphatic rings. The number of aliphatic hydroxyl groups excluding tert-OH is 1. The summed E-state index contributed by atoms with van der Waals surface area (Å²) in [6.45, 7) is 6.18. The summed E-state index contributed by atoms with van der Waals surface area (Å²) in [5.74, 6) is 0.302. The summed E-state index contributed by atoms with van der Waals surface area (Å²) in [6, 6.07) is 3.30. The second-order valence-corrected chi connectivity index (χ2v) is 7.99. The molecule has 0 aliphatic heterocycles. The van der Waals surface area contributed by atoms with Crippen molar-refractivity contribution in [2.45, 2.75) is 38.7 Å². The van der Waals surface area contributed by atoms with Crippen LogP contribution < -0.4 is 0 Å². The fraction of sp³-hybridized carbons (Fsp3) is 0.571. The number of aryl methyl sites for hydroxylation is 1.